The quantitative estimate of drug-likeness (QED) is 0.591. The Bertz CT molecular complexity index is 630. The van der Waals surface area contributed by atoms with E-state index in [0.717, 1.165) is 18.2 Å². The van der Waals surface area contributed by atoms with Crippen LogP contribution in [0.5, 0.6) is 0 Å². The third-order valence-electron chi connectivity index (χ3n) is 2.85. The molecular formula is C13H15F2N5. The fourth-order valence-corrected chi connectivity index (χ4v) is 1.80. The highest BCUT2D eigenvalue weighted by atomic mass is 19.1. The van der Waals surface area contributed by atoms with Crippen LogP contribution in [0.25, 0.3) is 0 Å². The summed E-state index contributed by atoms with van der Waals surface area (Å²) in [6, 6.07) is 3.32. The first kappa shape index (κ1) is 14.1. The van der Waals surface area contributed by atoms with E-state index in [0.29, 0.717) is 23.0 Å². The first-order chi connectivity index (χ1) is 9.51. The van der Waals surface area contributed by atoms with Crippen molar-refractivity contribution in [3.05, 3.63) is 46.8 Å². The number of nitrogens with zero attached hydrogens (tertiary/aromatic N) is 2. The molecule has 7 heteroatoms. The second kappa shape index (κ2) is 5.79. The zero-order chi connectivity index (χ0) is 14.7. The molecule has 0 unspecified atom stereocenters. The summed E-state index contributed by atoms with van der Waals surface area (Å²) in [5.74, 6) is 5.93. The van der Waals surface area contributed by atoms with Crippen LogP contribution in [0, 0.1) is 25.5 Å². The highest BCUT2D eigenvalue weighted by molar-refractivity contribution is 5.56. The highest BCUT2D eigenvalue weighted by Gasteiger charge is 2.09. The molecule has 4 N–H and O–H groups in total. The molecule has 2 rings (SSSR count). The Balaban J connectivity index is 2.23. The van der Waals surface area contributed by atoms with E-state index in [1.54, 1.807) is 13.8 Å². The lowest BCUT2D eigenvalue weighted by Gasteiger charge is -2.12. The van der Waals surface area contributed by atoms with Gasteiger partial charge < -0.3 is 10.7 Å². The highest BCUT2D eigenvalue weighted by Crippen LogP contribution is 2.20. The molecule has 20 heavy (non-hydrogen) atoms. The molecule has 0 saturated heterocycles. The number of hydrazine groups is 1. The summed E-state index contributed by atoms with van der Waals surface area (Å²) in [5, 5.41) is 2.96. The van der Waals surface area contributed by atoms with Gasteiger partial charge in [0.15, 0.2) is 0 Å². The van der Waals surface area contributed by atoms with E-state index >= 15 is 0 Å². The maximum Gasteiger partial charge on any atom is 0.148 e. The fourth-order valence-electron chi connectivity index (χ4n) is 1.80. The summed E-state index contributed by atoms with van der Waals surface area (Å²) < 4.78 is 26.6. The molecule has 0 saturated carbocycles. The third-order valence-corrected chi connectivity index (χ3v) is 2.85. The van der Waals surface area contributed by atoms with E-state index in [2.05, 4.69) is 20.7 Å². The average molecular weight is 279 g/mol. The first-order valence-electron chi connectivity index (χ1n) is 6.01. The number of hydrogen-bond acceptors (Lipinski definition) is 5. The molecule has 0 fully saturated rings. The zero-order valence-corrected chi connectivity index (χ0v) is 11.2. The molecular weight excluding hydrogens is 264 g/mol. The van der Waals surface area contributed by atoms with Gasteiger partial charge in [-0.15, -0.1) is 0 Å². The van der Waals surface area contributed by atoms with Gasteiger partial charge in [0.25, 0.3) is 0 Å². The van der Waals surface area contributed by atoms with Crippen LogP contribution in [-0.4, -0.2) is 9.97 Å². The van der Waals surface area contributed by atoms with Gasteiger partial charge in [-0.2, -0.15) is 0 Å². The molecule has 0 aliphatic carbocycles. The molecule has 0 bridgehead atoms. The Kier molecular flexibility index (Phi) is 4.09. The van der Waals surface area contributed by atoms with Crippen molar-refractivity contribution in [1.29, 1.82) is 0 Å². The number of nitrogens with two attached hydrogens (primary N) is 1. The van der Waals surface area contributed by atoms with Crippen LogP contribution >= 0.6 is 0 Å². The molecule has 1 heterocycles. The summed E-state index contributed by atoms with van der Waals surface area (Å²) >= 11 is 0. The minimum absolute atomic E-state index is 0.116. The second-order valence-electron chi connectivity index (χ2n) is 4.33. The summed E-state index contributed by atoms with van der Waals surface area (Å²) in [7, 11) is 0. The van der Waals surface area contributed by atoms with Crippen LogP contribution in [0.2, 0.25) is 0 Å². The number of rotatable bonds is 4. The van der Waals surface area contributed by atoms with Crippen molar-refractivity contribution in [2.24, 2.45) is 5.84 Å². The first-order valence-corrected chi connectivity index (χ1v) is 6.01. The number of benzene rings is 1. The number of aromatic nitrogens is 2. The topological polar surface area (TPSA) is 75.9 Å². The minimum atomic E-state index is -0.483. The van der Waals surface area contributed by atoms with Gasteiger partial charge in [0, 0.05) is 17.7 Å². The van der Waals surface area contributed by atoms with E-state index in [1.165, 1.54) is 0 Å². The Morgan fingerprint density at radius 2 is 1.85 bits per heavy atom. The summed E-state index contributed by atoms with van der Waals surface area (Å²) in [6.45, 7) is 3.61. The van der Waals surface area contributed by atoms with Crippen LogP contribution in [-0.2, 0) is 6.54 Å². The van der Waals surface area contributed by atoms with Gasteiger partial charge in [-0.05, 0) is 32.0 Å². The van der Waals surface area contributed by atoms with Crippen LogP contribution < -0.4 is 16.6 Å². The fraction of sp³-hybridized carbons (Fsp3) is 0.231. The number of nitrogen functional groups attached to an aromatic ring is 1. The predicted molar refractivity (Wildman–Crippen MR) is 73.0 cm³/mol. The molecule has 1 aromatic carbocycles. The van der Waals surface area contributed by atoms with Crippen LogP contribution in [0.3, 0.4) is 0 Å². The lowest BCUT2D eigenvalue weighted by molar-refractivity contribution is 0.587. The third kappa shape index (κ3) is 3.00. The van der Waals surface area contributed by atoms with Gasteiger partial charge >= 0.3 is 0 Å². The predicted octanol–water partition coefficient (Wildman–Crippen LogP) is 2.27. The van der Waals surface area contributed by atoms with Crippen LogP contribution in [0.4, 0.5) is 20.4 Å². The van der Waals surface area contributed by atoms with Crippen molar-refractivity contribution in [1.82, 2.24) is 9.97 Å². The smallest absolute Gasteiger partial charge is 0.148 e. The molecule has 106 valence electrons. The maximum atomic E-state index is 13.5. The largest absolute Gasteiger partial charge is 0.365 e. The van der Waals surface area contributed by atoms with Gasteiger partial charge in [-0.1, -0.05) is 0 Å². The van der Waals surface area contributed by atoms with E-state index in [1.807, 2.05) is 0 Å². The maximum absolute atomic E-state index is 13.5. The monoisotopic (exact) mass is 279 g/mol. The summed E-state index contributed by atoms with van der Waals surface area (Å²) in [6.07, 6.45) is 0. The molecule has 0 aliphatic rings. The normalized spacial score (nSPS) is 10.4. The van der Waals surface area contributed by atoms with Crippen molar-refractivity contribution >= 4 is 11.6 Å². The number of hydrogen-bond donors (Lipinski definition) is 3. The lowest BCUT2D eigenvalue weighted by Crippen LogP contribution is -2.14. The number of anilines is 2. The van der Waals surface area contributed by atoms with Crippen LogP contribution in [0.15, 0.2) is 18.2 Å². The zero-order valence-electron chi connectivity index (χ0n) is 11.2. The molecule has 0 aliphatic heterocycles. The van der Waals surface area contributed by atoms with Gasteiger partial charge in [0.2, 0.25) is 0 Å². The van der Waals surface area contributed by atoms with Crippen molar-refractivity contribution in [3.8, 4) is 0 Å². The van der Waals surface area contributed by atoms with Crippen LogP contribution in [0.1, 0.15) is 17.0 Å². The molecule has 2 aromatic rings. The summed E-state index contributed by atoms with van der Waals surface area (Å²) in [5.41, 5.74) is 3.40. The minimum Gasteiger partial charge on any atom is -0.365 e. The van der Waals surface area contributed by atoms with Crippen molar-refractivity contribution in [2.75, 3.05) is 10.7 Å². The van der Waals surface area contributed by atoms with Gasteiger partial charge in [-0.25, -0.2) is 24.6 Å². The Morgan fingerprint density at radius 1 is 1.15 bits per heavy atom. The van der Waals surface area contributed by atoms with E-state index in [4.69, 9.17) is 5.84 Å². The molecule has 1 aromatic heterocycles. The molecule has 0 atom stereocenters. The molecule has 0 spiro atoms. The lowest BCUT2D eigenvalue weighted by atomic mass is 10.2. The Hall–Kier alpha value is -2.28. The average Bonchev–Trinajstić information content (AvgIpc) is 2.42. The van der Waals surface area contributed by atoms with E-state index in [-0.39, 0.29) is 12.1 Å². The Morgan fingerprint density at radius 3 is 2.55 bits per heavy atom. The molecule has 5 nitrogen and oxygen atoms in total. The second-order valence-corrected chi connectivity index (χ2v) is 4.33. The number of aryl methyl sites for hydroxylation is 1. The van der Waals surface area contributed by atoms with Gasteiger partial charge in [0.05, 0.1) is 0 Å². The standard InChI is InChI=1S/C13H15F2N5/c1-7-12(18-8(2)19-13(7)20-16)17-6-9-5-10(14)3-4-11(9)15/h3-5H,6,16H2,1-2H3,(H2,17,18,19,20). The van der Waals surface area contributed by atoms with Crippen molar-refractivity contribution in [2.45, 2.75) is 20.4 Å². The molecule has 0 amide bonds. The molecule has 0 radical (unpaired) electrons. The van der Waals surface area contributed by atoms with E-state index in [9.17, 15) is 8.78 Å². The SMILES string of the molecule is Cc1nc(NN)c(C)c(NCc2cc(F)ccc2F)n1. The number of halogens is 2. The van der Waals surface area contributed by atoms with E-state index < -0.39 is 11.6 Å². The Labute approximate surface area is 115 Å². The van der Waals surface area contributed by atoms with Gasteiger partial charge in [0.1, 0.15) is 29.1 Å². The number of nitrogens with one attached hydrogen (secondary N) is 2. The van der Waals surface area contributed by atoms with Crippen molar-refractivity contribution in [3.63, 3.8) is 0 Å². The summed E-state index contributed by atoms with van der Waals surface area (Å²) in [4.78, 5) is 8.33. The van der Waals surface area contributed by atoms with Gasteiger partial charge in [-0.3, -0.25) is 0 Å². The van der Waals surface area contributed by atoms with Crippen molar-refractivity contribution < 1.29 is 8.78 Å².